The predicted octanol–water partition coefficient (Wildman–Crippen LogP) is 5.71. The summed E-state index contributed by atoms with van der Waals surface area (Å²) in [7, 11) is 3.35. The summed E-state index contributed by atoms with van der Waals surface area (Å²) in [6.45, 7) is 0. The Balaban J connectivity index is 1.60. The minimum atomic E-state index is -0.365. The molecule has 5 nitrogen and oxygen atoms in total. The molecule has 0 unspecified atom stereocenters. The molecule has 0 N–H and O–H groups in total. The van der Waals surface area contributed by atoms with Gasteiger partial charge in [-0.1, -0.05) is 28.1 Å². The van der Waals surface area contributed by atoms with Gasteiger partial charge in [0.2, 0.25) is 6.23 Å². The van der Waals surface area contributed by atoms with Crippen molar-refractivity contribution < 1.29 is 14.2 Å². The molecule has 2 aliphatic rings. The second-order valence-electron chi connectivity index (χ2n) is 7.27. The van der Waals surface area contributed by atoms with E-state index in [0.717, 1.165) is 50.5 Å². The van der Waals surface area contributed by atoms with Gasteiger partial charge in [-0.05, 0) is 60.2 Å². The minimum Gasteiger partial charge on any atom is -0.497 e. The Kier molecular flexibility index (Phi) is 4.87. The fraction of sp³-hybridized carbons (Fsp3) is 0.208. The molecular formula is C24H21BrN2O3. The molecule has 3 aromatic carbocycles. The Morgan fingerprint density at radius 1 is 0.967 bits per heavy atom. The van der Waals surface area contributed by atoms with Gasteiger partial charge in [0.15, 0.2) is 0 Å². The zero-order chi connectivity index (χ0) is 20.7. The number of hydrogen-bond acceptors (Lipinski definition) is 5. The lowest BCUT2D eigenvalue weighted by molar-refractivity contribution is -0.0203. The molecule has 2 aliphatic heterocycles. The van der Waals surface area contributed by atoms with Crippen molar-refractivity contribution >= 4 is 21.6 Å². The zero-order valence-electron chi connectivity index (χ0n) is 16.7. The van der Waals surface area contributed by atoms with Crippen molar-refractivity contribution in [2.75, 3.05) is 14.2 Å². The molecule has 152 valence electrons. The number of para-hydroxylation sites is 1. The molecule has 30 heavy (non-hydrogen) atoms. The Morgan fingerprint density at radius 3 is 2.53 bits per heavy atom. The van der Waals surface area contributed by atoms with Crippen molar-refractivity contribution in [3.05, 3.63) is 87.9 Å². The van der Waals surface area contributed by atoms with Gasteiger partial charge >= 0.3 is 0 Å². The second-order valence-corrected chi connectivity index (χ2v) is 8.19. The molecule has 3 aromatic rings. The summed E-state index contributed by atoms with van der Waals surface area (Å²) >= 11 is 3.60. The SMILES string of the molecule is COc1ccc(C2=NN3[C@H](C2)c2cc(Br)ccc2O[C@H]3c2ccccc2OC)cc1. The van der Waals surface area contributed by atoms with Gasteiger partial charge < -0.3 is 14.2 Å². The highest BCUT2D eigenvalue weighted by Crippen LogP contribution is 2.49. The highest BCUT2D eigenvalue weighted by Gasteiger charge is 2.42. The normalized spacial score (nSPS) is 19.4. The molecule has 0 fully saturated rings. The lowest BCUT2D eigenvalue weighted by Gasteiger charge is -2.38. The molecular weight excluding hydrogens is 444 g/mol. The number of hydrogen-bond donors (Lipinski definition) is 0. The average molecular weight is 465 g/mol. The molecule has 0 radical (unpaired) electrons. The lowest BCUT2D eigenvalue weighted by Crippen LogP contribution is -2.34. The highest BCUT2D eigenvalue weighted by atomic mass is 79.9. The van der Waals surface area contributed by atoms with E-state index in [-0.39, 0.29) is 12.3 Å². The van der Waals surface area contributed by atoms with Crippen molar-refractivity contribution in [2.45, 2.75) is 18.7 Å². The summed E-state index contributed by atoms with van der Waals surface area (Å²) in [4.78, 5) is 0. The second kappa shape index (κ2) is 7.69. The molecule has 6 heteroatoms. The van der Waals surface area contributed by atoms with Crippen molar-refractivity contribution in [1.29, 1.82) is 0 Å². The van der Waals surface area contributed by atoms with Gasteiger partial charge in [0.25, 0.3) is 0 Å². The van der Waals surface area contributed by atoms with E-state index >= 15 is 0 Å². The van der Waals surface area contributed by atoms with E-state index in [0.29, 0.717) is 0 Å². The van der Waals surface area contributed by atoms with Crippen LogP contribution in [0, 0.1) is 0 Å². The quantitative estimate of drug-likeness (QED) is 0.495. The van der Waals surface area contributed by atoms with Crippen molar-refractivity contribution in [1.82, 2.24) is 5.01 Å². The Labute approximate surface area is 184 Å². The largest absolute Gasteiger partial charge is 0.497 e. The summed E-state index contributed by atoms with van der Waals surface area (Å²) in [6.07, 6.45) is 0.431. The Bertz CT molecular complexity index is 1110. The first kappa shape index (κ1) is 19.0. The first-order valence-electron chi connectivity index (χ1n) is 9.77. The molecule has 0 amide bonds. The zero-order valence-corrected chi connectivity index (χ0v) is 18.3. The minimum absolute atomic E-state index is 0.0817. The van der Waals surface area contributed by atoms with Crippen molar-refractivity contribution in [2.24, 2.45) is 5.10 Å². The van der Waals surface area contributed by atoms with Crippen molar-refractivity contribution in [3.8, 4) is 17.2 Å². The third-order valence-electron chi connectivity index (χ3n) is 5.58. The van der Waals surface area contributed by atoms with Crippen LogP contribution in [-0.2, 0) is 0 Å². The molecule has 0 aliphatic carbocycles. The van der Waals surface area contributed by atoms with E-state index in [1.807, 2.05) is 48.5 Å². The smallest absolute Gasteiger partial charge is 0.217 e. The number of methoxy groups -OCH3 is 2. The number of hydrazone groups is 1. The Morgan fingerprint density at radius 2 is 1.77 bits per heavy atom. The van der Waals surface area contributed by atoms with Gasteiger partial charge in [0.1, 0.15) is 17.2 Å². The third-order valence-corrected chi connectivity index (χ3v) is 6.07. The average Bonchev–Trinajstić information content (AvgIpc) is 3.24. The molecule has 2 atom stereocenters. The van der Waals surface area contributed by atoms with E-state index in [1.54, 1.807) is 14.2 Å². The standard InChI is InChI=1S/C24H21BrN2O3/c1-28-17-10-7-15(8-11-17)20-14-21-19-13-16(25)9-12-23(19)30-24(27(21)26-20)18-5-3-4-6-22(18)29-2/h3-13,21,24H,14H2,1-2H3/t21-,24+/m1/s1. The van der Waals surface area contributed by atoms with Gasteiger partial charge in [0, 0.05) is 16.5 Å². The van der Waals surface area contributed by atoms with Crippen LogP contribution in [0.3, 0.4) is 0 Å². The summed E-state index contributed by atoms with van der Waals surface area (Å²) in [5.41, 5.74) is 4.19. The lowest BCUT2D eigenvalue weighted by atomic mass is 9.96. The first-order chi connectivity index (χ1) is 14.7. The van der Waals surface area contributed by atoms with E-state index < -0.39 is 0 Å². The molecule has 2 heterocycles. The summed E-state index contributed by atoms with van der Waals surface area (Å²) < 4.78 is 18.4. The van der Waals surface area contributed by atoms with E-state index in [2.05, 4.69) is 39.1 Å². The van der Waals surface area contributed by atoms with Gasteiger partial charge in [-0.25, -0.2) is 5.01 Å². The number of rotatable bonds is 4. The number of ether oxygens (including phenoxy) is 3. The van der Waals surface area contributed by atoms with Gasteiger partial charge in [-0.15, -0.1) is 0 Å². The predicted molar refractivity (Wildman–Crippen MR) is 119 cm³/mol. The van der Waals surface area contributed by atoms with Gasteiger partial charge in [-0.2, -0.15) is 5.10 Å². The molecule has 0 aromatic heterocycles. The monoisotopic (exact) mass is 464 g/mol. The van der Waals surface area contributed by atoms with Crippen LogP contribution < -0.4 is 14.2 Å². The van der Waals surface area contributed by atoms with Gasteiger partial charge in [0.05, 0.1) is 31.5 Å². The van der Waals surface area contributed by atoms with Crippen LogP contribution in [-0.4, -0.2) is 24.9 Å². The highest BCUT2D eigenvalue weighted by molar-refractivity contribution is 9.10. The summed E-state index contributed by atoms with van der Waals surface area (Å²) in [6, 6.07) is 22.2. The first-order valence-corrected chi connectivity index (χ1v) is 10.6. The van der Waals surface area contributed by atoms with Crippen LogP contribution in [0.15, 0.2) is 76.3 Å². The van der Waals surface area contributed by atoms with Crippen LogP contribution in [0.4, 0.5) is 0 Å². The van der Waals surface area contributed by atoms with Crippen LogP contribution in [0.5, 0.6) is 17.2 Å². The summed E-state index contributed by atoms with van der Waals surface area (Å²) in [5.74, 6) is 2.50. The summed E-state index contributed by atoms with van der Waals surface area (Å²) in [5, 5.41) is 7.07. The molecule has 0 saturated carbocycles. The van der Waals surface area contributed by atoms with Crippen molar-refractivity contribution in [3.63, 3.8) is 0 Å². The maximum absolute atomic E-state index is 6.45. The number of halogens is 1. The van der Waals surface area contributed by atoms with E-state index in [1.165, 1.54) is 0 Å². The van der Waals surface area contributed by atoms with Crippen LogP contribution in [0.1, 0.15) is 35.4 Å². The number of fused-ring (bicyclic) bond motifs is 3. The van der Waals surface area contributed by atoms with E-state index in [4.69, 9.17) is 19.3 Å². The third kappa shape index (κ3) is 3.21. The van der Waals surface area contributed by atoms with Gasteiger partial charge in [-0.3, -0.25) is 0 Å². The molecule has 0 saturated heterocycles. The van der Waals surface area contributed by atoms with E-state index in [9.17, 15) is 0 Å². The van der Waals surface area contributed by atoms with Crippen LogP contribution in [0.25, 0.3) is 0 Å². The maximum atomic E-state index is 6.45. The van der Waals surface area contributed by atoms with Crippen LogP contribution >= 0.6 is 15.9 Å². The molecule has 0 spiro atoms. The molecule has 0 bridgehead atoms. The fourth-order valence-corrected chi connectivity index (χ4v) is 4.47. The Hall–Kier alpha value is -2.99. The number of benzene rings is 3. The maximum Gasteiger partial charge on any atom is 0.217 e. The fourth-order valence-electron chi connectivity index (χ4n) is 4.09. The van der Waals surface area contributed by atoms with Crippen LogP contribution in [0.2, 0.25) is 0 Å². The number of nitrogens with zero attached hydrogens (tertiary/aromatic N) is 2. The topological polar surface area (TPSA) is 43.3 Å². The molecule has 5 rings (SSSR count).